The Bertz CT molecular complexity index is 669. The van der Waals surface area contributed by atoms with Crippen molar-refractivity contribution in [3.8, 4) is 0 Å². The molecule has 4 unspecified atom stereocenters. The maximum absolute atomic E-state index is 12.0. The minimum absolute atomic E-state index is 0.121. The molecule has 1 fully saturated rings. The van der Waals surface area contributed by atoms with Gasteiger partial charge in [0.25, 0.3) is 0 Å². The molecule has 2 aliphatic heterocycles. The zero-order chi connectivity index (χ0) is 22.0. The topological polar surface area (TPSA) is 88.2 Å². The maximum atomic E-state index is 12.0. The van der Waals surface area contributed by atoms with Crippen LogP contribution in [0.1, 0.15) is 78.6 Å². The van der Waals surface area contributed by atoms with Crippen molar-refractivity contribution in [1.29, 1.82) is 0 Å². The summed E-state index contributed by atoms with van der Waals surface area (Å²) in [5, 5.41) is 12.5. The molecule has 2 heterocycles. The Morgan fingerprint density at radius 3 is 2.70 bits per heavy atom. The average molecular weight is 420 g/mol. The summed E-state index contributed by atoms with van der Waals surface area (Å²) in [5.41, 5.74) is -0.535. The molecule has 0 aromatic heterocycles. The summed E-state index contributed by atoms with van der Waals surface area (Å²) in [6.45, 7) is 5.92. The Balaban J connectivity index is 1.59. The van der Waals surface area contributed by atoms with Crippen LogP contribution in [-0.4, -0.2) is 40.9 Å². The molecule has 0 saturated carbocycles. The van der Waals surface area contributed by atoms with Crippen molar-refractivity contribution in [2.75, 3.05) is 0 Å². The molecule has 30 heavy (non-hydrogen) atoms. The number of esters is 1. The van der Waals surface area contributed by atoms with Crippen molar-refractivity contribution >= 4 is 11.9 Å². The molecule has 0 bridgehead atoms. The number of allylic oxidation sites excluding steroid dienone is 2. The first-order valence-electron chi connectivity index (χ1n) is 11.3. The first-order valence-corrected chi connectivity index (χ1v) is 11.3. The van der Waals surface area contributed by atoms with E-state index in [-0.39, 0.29) is 12.1 Å². The average Bonchev–Trinajstić information content (AvgIpc) is 3.38. The summed E-state index contributed by atoms with van der Waals surface area (Å²) in [7, 11) is 0. The van der Waals surface area contributed by atoms with Gasteiger partial charge in [-0.3, -0.25) is 4.79 Å². The summed E-state index contributed by atoms with van der Waals surface area (Å²) in [6.07, 6.45) is 17.6. The lowest BCUT2D eigenvalue weighted by molar-refractivity contribution is -0.146. The molecule has 1 amide bonds. The van der Waals surface area contributed by atoms with Crippen LogP contribution in [0.25, 0.3) is 0 Å². The lowest BCUT2D eigenvalue weighted by Crippen LogP contribution is -2.28. The van der Waals surface area contributed by atoms with Gasteiger partial charge in [-0.2, -0.15) is 0 Å². The lowest BCUT2D eigenvalue weighted by Gasteiger charge is -2.17. The van der Waals surface area contributed by atoms with Gasteiger partial charge in [0.1, 0.15) is 11.3 Å². The zero-order valence-corrected chi connectivity index (χ0v) is 18.6. The highest BCUT2D eigenvalue weighted by atomic mass is 16.6. The third-order valence-corrected chi connectivity index (χ3v) is 5.59. The minimum Gasteiger partial charge on any atom is -0.450 e. The van der Waals surface area contributed by atoms with Crippen LogP contribution in [0.3, 0.4) is 0 Å². The summed E-state index contributed by atoms with van der Waals surface area (Å²) in [6, 6.07) is 0. The quantitative estimate of drug-likeness (QED) is 0.192. The Hall–Kier alpha value is -1.92. The molecule has 1 saturated heterocycles. The van der Waals surface area contributed by atoms with Crippen molar-refractivity contribution in [3.63, 3.8) is 0 Å². The van der Waals surface area contributed by atoms with Crippen LogP contribution >= 0.6 is 0 Å². The summed E-state index contributed by atoms with van der Waals surface area (Å²) in [5.74, 6) is -0.963. The predicted molar refractivity (Wildman–Crippen MR) is 117 cm³/mol. The van der Waals surface area contributed by atoms with Gasteiger partial charge < -0.3 is 19.9 Å². The number of rotatable bonds is 14. The largest absolute Gasteiger partial charge is 0.450 e. The van der Waals surface area contributed by atoms with E-state index in [2.05, 4.69) is 12.2 Å². The number of epoxide rings is 1. The smallest absolute Gasteiger partial charge is 0.355 e. The highest BCUT2D eigenvalue weighted by molar-refractivity contribution is 5.96. The van der Waals surface area contributed by atoms with Gasteiger partial charge in [0.15, 0.2) is 0 Å². The van der Waals surface area contributed by atoms with Gasteiger partial charge in [0, 0.05) is 0 Å². The van der Waals surface area contributed by atoms with Crippen LogP contribution in [0.15, 0.2) is 36.1 Å². The van der Waals surface area contributed by atoms with Crippen molar-refractivity contribution in [2.45, 2.75) is 102 Å². The van der Waals surface area contributed by atoms with Crippen LogP contribution in [0.2, 0.25) is 0 Å². The van der Waals surface area contributed by atoms with Crippen LogP contribution in [-0.2, 0) is 19.1 Å². The molecular weight excluding hydrogens is 382 g/mol. The van der Waals surface area contributed by atoms with Gasteiger partial charge in [0.2, 0.25) is 5.91 Å². The first-order chi connectivity index (χ1) is 14.4. The Kier molecular flexibility index (Phi) is 9.79. The Morgan fingerprint density at radius 1 is 1.23 bits per heavy atom. The maximum Gasteiger partial charge on any atom is 0.355 e. The Morgan fingerprint density at radius 2 is 2.00 bits per heavy atom. The zero-order valence-electron chi connectivity index (χ0n) is 18.6. The summed E-state index contributed by atoms with van der Waals surface area (Å²) >= 11 is 0. The van der Waals surface area contributed by atoms with Crippen molar-refractivity contribution in [3.05, 3.63) is 36.1 Å². The van der Waals surface area contributed by atoms with Gasteiger partial charge in [-0.25, -0.2) is 4.79 Å². The highest BCUT2D eigenvalue weighted by Gasteiger charge is 2.36. The molecule has 6 nitrogen and oxygen atoms in total. The number of hydrogen-bond donors (Lipinski definition) is 2. The molecule has 168 valence electrons. The summed E-state index contributed by atoms with van der Waals surface area (Å²) in [4.78, 5) is 23.8. The van der Waals surface area contributed by atoms with E-state index in [9.17, 15) is 14.7 Å². The number of amides is 1. The number of carbonyl (C=O) groups is 2. The van der Waals surface area contributed by atoms with E-state index < -0.39 is 23.6 Å². The van der Waals surface area contributed by atoms with E-state index in [1.165, 1.54) is 32.1 Å². The van der Waals surface area contributed by atoms with E-state index >= 15 is 0 Å². The second-order valence-corrected chi connectivity index (χ2v) is 8.40. The molecular formula is C24H37NO5. The molecule has 2 rings (SSSR count). The van der Waals surface area contributed by atoms with Crippen LogP contribution in [0.5, 0.6) is 0 Å². The number of hydrogen-bond acceptors (Lipinski definition) is 5. The van der Waals surface area contributed by atoms with Crippen LogP contribution < -0.4 is 5.32 Å². The van der Waals surface area contributed by atoms with Gasteiger partial charge in [-0.1, -0.05) is 70.3 Å². The molecule has 6 heteroatoms. The lowest BCUT2D eigenvalue weighted by atomic mass is 10.0. The SMILES string of the molecule is CCCCCCCC1OC1C/C=C\C=C\C(O)CC(=O)NC1=CC(C)(CC)OC1=O. The monoisotopic (exact) mass is 419 g/mol. The van der Waals surface area contributed by atoms with Crippen LogP contribution in [0.4, 0.5) is 0 Å². The molecule has 4 atom stereocenters. The van der Waals surface area contributed by atoms with Crippen molar-refractivity contribution in [1.82, 2.24) is 5.32 Å². The number of cyclic esters (lactones) is 1. The molecule has 0 radical (unpaired) electrons. The molecule has 0 aliphatic carbocycles. The molecule has 2 aliphatic rings. The normalized spacial score (nSPS) is 26.8. The molecule has 0 spiro atoms. The number of nitrogens with one attached hydrogen (secondary N) is 1. The van der Waals surface area contributed by atoms with E-state index in [4.69, 9.17) is 9.47 Å². The predicted octanol–water partition coefficient (Wildman–Crippen LogP) is 4.09. The van der Waals surface area contributed by atoms with E-state index in [0.717, 1.165) is 12.8 Å². The second kappa shape index (κ2) is 12.1. The van der Waals surface area contributed by atoms with Crippen LogP contribution in [0, 0.1) is 0 Å². The van der Waals surface area contributed by atoms with Crippen molar-refractivity contribution in [2.24, 2.45) is 0 Å². The number of carbonyl (C=O) groups excluding carboxylic acids is 2. The fourth-order valence-corrected chi connectivity index (χ4v) is 3.45. The van der Waals surface area contributed by atoms with E-state index in [0.29, 0.717) is 18.6 Å². The van der Waals surface area contributed by atoms with Gasteiger partial charge >= 0.3 is 5.97 Å². The second-order valence-electron chi connectivity index (χ2n) is 8.40. The number of ether oxygens (including phenoxy) is 2. The molecule has 0 aromatic carbocycles. The first kappa shape index (κ1) is 24.4. The standard InChI is InChI=1S/C24H37NO5/c1-4-6-7-8-11-14-20-21(29-20)15-12-9-10-13-18(26)16-22(27)25-19-17-24(3,5-2)30-23(19)28/h9-10,12-13,17-18,20-21,26H,4-8,11,14-16H2,1-3H3,(H,25,27)/b12-9-,13-10+. The minimum atomic E-state index is -0.918. The third-order valence-electron chi connectivity index (χ3n) is 5.59. The van der Waals surface area contributed by atoms with E-state index in [1.54, 1.807) is 25.2 Å². The van der Waals surface area contributed by atoms with Crippen molar-refractivity contribution < 1.29 is 24.2 Å². The molecule has 0 aromatic rings. The Labute approximate surface area is 180 Å². The fourth-order valence-electron chi connectivity index (χ4n) is 3.45. The van der Waals surface area contributed by atoms with Gasteiger partial charge in [0.05, 0.1) is 24.7 Å². The third kappa shape index (κ3) is 8.44. The van der Waals surface area contributed by atoms with Gasteiger partial charge in [-0.05, 0) is 32.3 Å². The number of aliphatic hydroxyl groups is 1. The summed E-state index contributed by atoms with van der Waals surface area (Å²) < 4.78 is 10.9. The fraction of sp³-hybridized carbons (Fsp3) is 0.667. The van der Waals surface area contributed by atoms with Gasteiger partial charge in [-0.15, -0.1) is 0 Å². The van der Waals surface area contributed by atoms with E-state index in [1.807, 2.05) is 19.1 Å². The molecule has 2 N–H and O–H groups in total. The highest BCUT2D eigenvalue weighted by Crippen LogP contribution is 2.30. The number of aliphatic hydroxyl groups excluding tert-OH is 1. The number of unbranched alkanes of at least 4 members (excludes halogenated alkanes) is 4.